The molecule has 0 fully saturated rings. The number of aliphatic hydroxyl groups is 1. The molecule has 7 heteroatoms. The Balaban J connectivity index is 2.33. The Labute approximate surface area is 226 Å². The number of hydrogen-bond acceptors (Lipinski definition) is 7. The molecule has 206 valence electrons. The highest BCUT2D eigenvalue weighted by atomic mass is 16.6. The Bertz CT molecular complexity index is 1030. The van der Waals surface area contributed by atoms with Crippen LogP contribution in [0.2, 0.25) is 0 Å². The van der Waals surface area contributed by atoms with Crippen molar-refractivity contribution >= 4 is 11.9 Å². The van der Waals surface area contributed by atoms with Crippen LogP contribution >= 0.6 is 0 Å². The van der Waals surface area contributed by atoms with Crippen LogP contribution < -0.4 is 9.47 Å². The van der Waals surface area contributed by atoms with Gasteiger partial charge in [0.15, 0.2) is 0 Å². The summed E-state index contributed by atoms with van der Waals surface area (Å²) < 4.78 is 22.4. The third kappa shape index (κ3) is 10.1. The second-order valence-electron chi connectivity index (χ2n) is 9.11. The number of benzene rings is 2. The van der Waals surface area contributed by atoms with Crippen molar-refractivity contribution in [1.29, 1.82) is 0 Å². The Kier molecular flexibility index (Phi) is 13.1. The quantitative estimate of drug-likeness (QED) is 0.163. The summed E-state index contributed by atoms with van der Waals surface area (Å²) in [5, 5.41) is 9.47. The van der Waals surface area contributed by atoms with Crippen molar-refractivity contribution in [3.63, 3.8) is 0 Å². The fourth-order valence-corrected chi connectivity index (χ4v) is 3.61. The molecule has 2 aromatic rings. The number of unbranched alkanes of at least 4 members (excludes halogenated alkanes) is 1. The summed E-state index contributed by atoms with van der Waals surface area (Å²) >= 11 is 0. The monoisotopic (exact) mass is 524 g/mol. The van der Waals surface area contributed by atoms with Crippen LogP contribution in [-0.2, 0) is 31.9 Å². The van der Waals surface area contributed by atoms with Gasteiger partial charge in [-0.05, 0) is 68.4 Å². The number of aryl methyl sites for hydroxylation is 1. The van der Waals surface area contributed by atoms with Crippen molar-refractivity contribution in [2.24, 2.45) is 0 Å². The van der Waals surface area contributed by atoms with Crippen LogP contribution in [0.3, 0.4) is 0 Å². The molecular weight excluding hydrogens is 484 g/mol. The lowest BCUT2D eigenvalue weighted by Crippen LogP contribution is -2.15. The van der Waals surface area contributed by atoms with Crippen molar-refractivity contribution in [1.82, 2.24) is 0 Å². The number of esters is 2. The highest BCUT2D eigenvalue weighted by Gasteiger charge is 2.16. The minimum absolute atomic E-state index is 0.00625. The van der Waals surface area contributed by atoms with Gasteiger partial charge in [-0.1, -0.05) is 50.8 Å². The third-order valence-corrected chi connectivity index (χ3v) is 5.70. The average Bonchev–Trinajstić information content (AvgIpc) is 2.91. The number of rotatable bonds is 17. The standard InChI is InChI=1S/C31H40O7/c1-6-7-9-24-11-13-25(14-12-24)26-20-28(35-16-18-37-30(33)22(2)3)27(10-8-15-32)29(21-26)36-17-19-38-31(34)23(4)5/h11-14,20-21,32H,2,4,6-10,15-19H2,1,3,5H3. The van der Waals surface area contributed by atoms with Gasteiger partial charge in [-0.15, -0.1) is 0 Å². The normalized spacial score (nSPS) is 10.5. The van der Waals surface area contributed by atoms with Gasteiger partial charge in [0, 0.05) is 23.3 Å². The Morgan fingerprint density at radius 2 is 1.29 bits per heavy atom. The Morgan fingerprint density at radius 3 is 1.74 bits per heavy atom. The van der Waals surface area contributed by atoms with Crippen molar-refractivity contribution in [2.45, 2.75) is 52.9 Å². The van der Waals surface area contributed by atoms with E-state index in [9.17, 15) is 14.7 Å². The Morgan fingerprint density at radius 1 is 0.763 bits per heavy atom. The second-order valence-corrected chi connectivity index (χ2v) is 9.11. The van der Waals surface area contributed by atoms with Crippen LogP contribution in [-0.4, -0.2) is 50.1 Å². The molecule has 2 rings (SSSR count). The first-order valence-corrected chi connectivity index (χ1v) is 13.0. The molecule has 38 heavy (non-hydrogen) atoms. The zero-order valence-electron chi connectivity index (χ0n) is 22.8. The van der Waals surface area contributed by atoms with Crippen molar-refractivity contribution < 1.29 is 33.6 Å². The summed E-state index contributed by atoms with van der Waals surface area (Å²) in [6.07, 6.45) is 4.33. The van der Waals surface area contributed by atoms with Gasteiger partial charge in [-0.2, -0.15) is 0 Å². The number of carbonyl (C=O) groups is 2. The first-order valence-electron chi connectivity index (χ1n) is 13.0. The molecule has 0 amide bonds. The van der Waals surface area contributed by atoms with E-state index in [1.54, 1.807) is 13.8 Å². The van der Waals surface area contributed by atoms with Gasteiger partial charge in [-0.3, -0.25) is 0 Å². The summed E-state index contributed by atoms with van der Waals surface area (Å²) in [5.74, 6) is 0.205. The molecule has 0 aliphatic heterocycles. The molecule has 0 aliphatic carbocycles. The molecule has 0 atom stereocenters. The van der Waals surface area contributed by atoms with Crippen molar-refractivity contribution in [2.75, 3.05) is 33.0 Å². The summed E-state index contributed by atoms with van der Waals surface area (Å²) in [4.78, 5) is 23.4. The molecule has 0 saturated heterocycles. The van der Waals surface area contributed by atoms with E-state index in [-0.39, 0.29) is 33.0 Å². The maximum absolute atomic E-state index is 11.7. The lowest BCUT2D eigenvalue weighted by molar-refractivity contribution is -0.140. The van der Waals surface area contributed by atoms with Crippen LogP contribution in [0.5, 0.6) is 11.5 Å². The smallest absolute Gasteiger partial charge is 0.333 e. The predicted molar refractivity (Wildman–Crippen MR) is 148 cm³/mol. The van der Waals surface area contributed by atoms with Gasteiger partial charge in [-0.25, -0.2) is 9.59 Å². The zero-order valence-corrected chi connectivity index (χ0v) is 22.8. The zero-order chi connectivity index (χ0) is 27.9. The lowest BCUT2D eigenvalue weighted by Gasteiger charge is -2.19. The summed E-state index contributed by atoms with van der Waals surface area (Å²) in [7, 11) is 0. The molecule has 0 bridgehead atoms. The van der Waals surface area contributed by atoms with E-state index in [1.165, 1.54) is 5.56 Å². The lowest BCUT2D eigenvalue weighted by atomic mass is 9.98. The summed E-state index contributed by atoms with van der Waals surface area (Å²) in [5.41, 5.74) is 4.59. The van der Waals surface area contributed by atoms with Crippen LogP contribution in [0, 0.1) is 0 Å². The third-order valence-electron chi connectivity index (χ3n) is 5.70. The van der Waals surface area contributed by atoms with Crippen molar-refractivity contribution in [3.8, 4) is 22.6 Å². The number of ether oxygens (including phenoxy) is 4. The van der Waals surface area contributed by atoms with E-state index in [1.807, 2.05) is 12.1 Å². The first kappa shape index (κ1) is 30.6. The molecule has 0 aromatic heterocycles. The molecule has 0 radical (unpaired) electrons. The first-order chi connectivity index (χ1) is 18.3. The highest BCUT2D eigenvalue weighted by molar-refractivity contribution is 5.87. The second kappa shape index (κ2) is 16.3. The molecule has 0 heterocycles. The van der Waals surface area contributed by atoms with Crippen LogP contribution in [0.15, 0.2) is 60.7 Å². The molecule has 0 aliphatic rings. The van der Waals surface area contributed by atoms with E-state index in [0.717, 1.165) is 36.0 Å². The van der Waals surface area contributed by atoms with E-state index in [0.29, 0.717) is 35.5 Å². The maximum atomic E-state index is 11.7. The van der Waals surface area contributed by atoms with Gasteiger partial charge >= 0.3 is 11.9 Å². The Hall–Kier alpha value is -3.58. The highest BCUT2D eigenvalue weighted by Crippen LogP contribution is 2.36. The SMILES string of the molecule is C=C(C)C(=O)OCCOc1cc(-c2ccc(CCCC)cc2)cc(OCCOC(=O)C(=C)C)c1CCCO. The predicted octanol–water partition coefficient (Wildman–Crippen LogP) is 5.62. The molecule has 0 spiro atoms. The van der Waals surface area contributed by atoms with Crippen LogP contribution in [0.1, 0.15) is 51.2 Å². The van der Waals surface area contributed by atoms with Gasteiger partial charge in [0.1, 0.15) is 37.9 Å². The van der Waals surface area contributed by atoms with Gasteiger partial charge in [0.2, 0.25) is 0 Å². The van der Waals surface area contributed by atoms with Gasteiger partial charge in [0.05, 0.1) is 0 Å². The molecule has 0 unspecified atom stereocenters. The maximum Gasteiger partial charge on any atom is 0.333 e. The minimum Gasteiger partial charge on any atom is -0.490 e. The minimum atomic E-state index is -0.473. The molecule has 0 saturated carbocycles. The fraction of sp³-hybridized carbons (Fsp3) is 0.419. The van der Waals surface area contributed by atoms with Gasteiger partial charge < -0.3 is 24.1 Å². The largest absolute Gasteiger partial charge is 0.490 e. The fourth-order valence-electron chi connectivity index (χ4n) is 3.61. The molecular formula is C31H40O7. The van der Waals surface area contributed by atoms with E-state index < -0.39 is 11.9 Å². The van der Waals surface area contributed by atoms with E-state index >= 15 is 0 Å². The van der Waals surface area contributed by atoms with E-state index in [4.69, 9.17) is 18.9 Å². The molecule has 7 nitrogen and oxygen atoms in total. The number of carbonyl (C=O) groups excluding carboxylic acids is 2. The topological polar surface area (TPSA) is 91.3 Å². The van der Waals surface area contributed by atoms with Crippen molar-refractivity contribution in [3.05, 3.63) is 71.8 Å². The number of aliphatic hydroxyl groups excluding tert-OH is 1. The average molecular weight is 525 g/mol. The van der Waals surface area contributed by atoms with Crippen LogP contribution in [0.4, 0.5) is 0 Å². The molecule has 1 N–H and O–H groups in total. The van der Waals surface area contributed by atoms with E-state index in [2.05, 4.69) is 44.3 Å². The summed E-state index contributed by atoms with van der Waals surface area (Å²) in [6.45, 7) is 12.9. The molecule has 2 aromatic carbocycles. The summed E-state index contributed by atoms with van der Waals surface area (Å²) in [6, 6.07) is 12.3. The van der Waals surface area contributed by atoms with Gasteiger partial charge in [0.25, 0.3) is 0 Å². The van der Waals surface area contributed by atoms with Crippen LogP contribution in [0.25, 0.3) is 11.1 Å². The number of hydrogen-bond donors (Lipinski definition) is 1.